The van der Waals surface area contributed by atoms with Gasteiger partial charge in [-0.25, -0.2) is 4.79 Å². The fourth-order valence-electron chi connectivity index (χ4n) is 4.12. The molecule has 142 valence electrons. The van der Waals surface area contributed by atoms with E-state index < -0.39 is 16.7 Å². The quantitative estimate of drug-likeness (QED) is 0.807. The molecule has 3 rings (SSSR count). The van der Waals surface area contributed by atoms with Crippen LogP contribution in [0.5, 0.6) is 0 Å². The van der Waals surface area contributed by atoms with Gasteiger partial charge in [0, 0.05) is 45.0 Å². The third kappa shape index (κ3) is 3.20. The van der Waals surface area contributed by atoms with E-state index in [1.54, 1.807) is 4.90 Å². The van der Waals surface area contributed by atoms with Crippen LogP contribution in [-0.4, -0.2) is 57.3 Å². The van der Waals surface area contributed by atoms with E-state index in [2.05, 4.69) is 11.9 Å². The summed E-state index contributed by atoms with van der Waals surface area (Å²) in [6, 6.07) is 0. The van der Waals surface area contributed by atoms with Gasteiger partial charge in [-0.05, 0) is 25.7 Å². The van der Waals surface area contributed by atoms with Crippen LogP contribution in [0.25, 0.3) is 0 Å². The predicted molar refractivity (Wildman–Crippen MR) is 95.7 cm³/mol. The van der Waals surface area contributed by atoms with E-state index in [9.17, 15) is 19.2 Å². The van der Waals surface area contributed by atoms with Crippen LogP contribution in [0.3, 0.4) is 0 Å². The lowest BCUT2D eigenvalue weighted by atomic mass is 9.78. The monoisotopic (exact) mass is 362 g/mol. The molecule has 3 heterocycles. The standard InChI is InChI=1S/C18H26N4O4/c1-3-7-21-8-4-5-18(16(21)25)6-9-22(12-18)14(23)10-13-11-19-17(26)20(2)15(13)24/h11H,3-10,12H2,1-2H3,(H,19,26)/t18-/m1/s1. The first-order valence-corrected chi connectivity index (χ1v) is 9.23. The maximum atomic E-state index is 12.9. The Morgan fingerprint density at radius 3 is 2.73 bits per heavy atom. The fourth-order valence-corrected chi connectivity index (χ4v) is 4.12. The van der Waals surface area contributed by atoms with Gasteiger partial charge in [0.25, 0.3) is 5.56 Å². The van der Waals surface area contributed by atoms with E-state index in [0.717, 1.165) is 36.9 Å². The fraction of sp³-hybridized carbons (Fsp3) is 0.667. The van der Waals surface area contributed by atoms with Crippen molar-refractivity contribution in [2.45, 2.75) is 39.0 Å². The zero-order valence-electron chi connectivity index (χ0n) is 15.4. The number of carbonyl (C=O) groups is 2. The molecule has 8 heteroatoms. The topological polar surface area (TPSA) is 95.5 Å². The van der Waals surface area contributed by atoms with Crippen molar-refractivity contribution in [2.75, 3.05) is 26.2 Å². The summed E-state index contributed by atoms with van der Waals surface area (Å²) in [5, 5.41) is 0. The second-order valence-corrected chi connectivity index (χ2v) is 7.40. The number of carbonyl (C=O) groups excluding carboxylic acids is 2. The molecule has 2 saturated heterocycles. The number of likely N-dealkylation sites (tertiary alicyclic amines) is 2. The highest BCUT2D eigenvalue weighted by Crippen LogP contribution is 2.40. The van der Waals surface area contributed by atoms with Gasteiger partial charge in [0.05, 0.1) is 11.8 Å². The Hall–Kier alpha value is -2.38. The molecule has 8 nitrogen and oxygen atoms in total. The van der Waals surface area contributed by atoms with Crippen LogP contribution in [0.1, 0.15) is 38.2 Å². The van der Waals surface area contributed by atoms with Crippen LogP contribution in [0.4, 0.5) is 0 Å². The molecule has 0 aromatic carbocycles. The lowest BCUT2D eigenvalue weighted by molar-refractivity contribution is -0.146. The molecular formula is C18H26N4O4. The summed E-state index contributed by atoms with van der Waals surface area (Å²) in [6.07, 6.45) is 4.64. The van der Waals surface area contributed by atoms with E-state index in [-0.39, 0.29) is 23.8 Å². The average Bonchev–Trinajstić information content (AvgIpc) is 3.05. The van der Waals surface area contributed by atoms with Crippen LogP contribution in [0.15, 0.2) is 15.8 Å². The molecule has 2 fully saturated rings. The van der Waals surface area contributed by atoms with Crippen LogP contribution in [-0.2, 0) is 23.1 Å². The van der Waals surface area contributed by atoms with E-state index in [1.807, 2.05) is 4.90 Å². The van der Waals surface area contributed by atoms with Crippen molar-refractivity contribution in [1.29, 1.82) is 0 Å². The van der Waals surface area contributed by atoms with Gasteiger partial charge in [0.1, 0.15) is 0 Å². The molecule has 1 atom stereocenters. The van der Waals surface area contributed by atoms with E-state index in [0.29, 0.717) is 19.5 Å². The van der Waals surface area contributed by atoms with Crippen molar-refractivity contribution >= 4 is 11.8 Å². The summed E-state index contributed by atoms with van der Waals surface area (Å²) < 4.78 is 0.960. The van der Waals surface area contributed by atoms with Crippen molar-refractivity contribution in [1.82, 2.24) is 19.4 Å². The van der Waals surface area contributed by atoms with Gasteiger partial charge < -0.3 is 14.8 Å². The van der Waals surface area contributed by atoms with E-state index >= 15 is 0 Å². The average molecular weight is 362 g/mol. The third-order valence-corrected chi connectivity index (χ3v) is 5.62. The van der Waals surface area contributed by atoms with Crippen molar-refractivity contribution < 1.29 is 9.59 Å². The van der Waals surface area contributed by atoms with Crippen LogP contribution >= 0.6 is 0 Å². The third-order valence-electron chi connectivity index (χ3n) is 5.62. The van der Waals surface area contributed by atoms with Gasteiger partial charge >= 0.3 is 5.69 Å². The molecule has 1 N–H and O–H groups in total. The largest absolute Gasteiger partial charge is 0.342 e. The number of piperidine rings is 1. The Balaban J connectivity index is 1.71. The van der Waals surface area contributed by atoms with E-state index in [1.165, 1.54) is 13.2 Å². The van der Waals surface area contributed by atoms with Crippen molar-refractivity contribution in [3.05, 3.63) is 32.6 Å². The number of aromatic amines is 1. The zero-order chi connectivity index (χ0) is 18.9. The van der Waals surface area contributed by atoms with E-state index in [4.69, 9.17) is 0 Å². The second-order valence-electron chi connectivity index (χ2n) is 7.40. The van der Waals surface area contributed by atoms with Gasteiger partial charge in [-0.3, -0.25) is 19.0 Å². The summed E-state index contributed by atoms with van der Waals surface area (Å²) in [5.41, 5.74) is -1.16. The number of nitrogens with one attached hydrogen (secondary N) is 1. The Kier molecular flexibility index (Phi) is 5.02. The van der Waals surface area contributed by atoms with Crippen molar-refractivity contribution in [2.24, 2.45) is 12.5 Å². The summed E-state index contributed by atoms with van der Waals surface area (Å²) in [7, 11) is 1.38. The number of hydrogen-bond donors (Lipinski definition) is 1. The minimum absolute atomic E-state index is 0.0631. The summed E-state index contributed by atoms with van der Waals surface area (Å²) in [5.74, 6) is -0.00714. The smallest absolute Gasteiger partial charge is 0.328 e. The molecule has 0 radical (unpaired) electrons. The minimum Gasteiger partial charge on any atom is -0.342 e. The first kappa shape index (κ1) is 18.4. The number of rotatable bonds is 4. The van der Waals surface area contributed by atoms with Gasteiger partial charge in [0.15, 0.2) is 0 Å². The van der Waals surface area contributed by atoms with Crippen LogP contribution in [0, 0.1) is 5.41 Å². The van der Waals surface area contributed by atoms with Crippen molar-refractivity contribution in [3.8, 4) is 0 Å². The number of aromatic nitrogens is 2. The lowest BCUT2D eigenvalue weighted by Crippen LogP contribution is -2.50. The SMILES string of the molecule is CCCN1CCC[C@]2(CCN(C(=O)Cc3c[nH]c(=O)n(C)c3=O)C2)C1=O. The highest BCUT2D eigenvalue weighted by Gasteiger charge is 2.49. The first-order chi connectivity index (χ1) is 12.4. The highest BCUT2D eigenvalue weighted by molar-refractivity contribution is 5.86. The number of amides is 2. The van der Waals surface area contributed by atoms with Gasteiger partial charge in [-0.2, -0.15) is 0 Å². The minimum atomic E-state index is -0.504. The molecule has 0 bridgehead atoms. The summed E-state index contributed by atoms with van der Waals surface area (Å²) in [6.45, 7) is 4.59. The van der Waals surface area contributed by atoms with Gasteiger partial charge in [-0.1, -0.05) is 6.92 Å². The molecule has 2 aliphatic rings. The Morgan fingerprint density at radius 1 is 1.23 bits per heavy atom. The zero-order valence-corrected chi connectivity index (χ0v) is 15.4. The Labute approximate surface area is 151 Å². The van der Waals surface area contributed by atoms with Crippen molar-refractivity contribution in [3.63, 3.8) is 0 Å². The highest BCUT2D eigenvalue weighted by atomic mass is 16.2. The molecular weight excluding hydrogens is 336 g/mol. The maximum Gasteiger partial charge on any atom is 0.328 e. The molecule has 2 aliphatic heterocycles. The second kappa shape index (κ2) is 7.09. The molecule has 1 spiro atoms. The molecule has 0 aliphatic carbocycles. The lowest BCUT2D eigenvalue weighted by Gasteiger charge is -2.39. The number of nitrogens with zero attached hydrogens (tertiary/aromatic N) is 3. The molecule has 26 heavy (non-hydrogen) atoms. The van der Waals surface area contributed by atoms with Crippen LogP contribution in [0.2, 0.25) is 0 Å². The Morgan fingerprint density at radius 2 is 2.00 bits per heavy atom. The molecule has 1 aromatic rings. The maximum absolute atomic E-state index is 12.9. The number of hydrogen-bond acceptors (Lipinski definition) is 4. The molecule has 2 amide bonds. The normalized spacial score (nSPS) is 23.1. The summed E-state index contributed by atoms with van der Waals surface area (Å²) in [4.78, 5) is 55.2. The van der Waals surface area contributed by atoms with Gasteiger partial charge in [-0.15, -0.1) is 0 Å². The summed E-state index contributed by atoms with van der Waals surface area (Å²) >= 11 is 0. The van der Waals surface area contributed by atoms with Crippen LogP contribution < -0.4 is 11.2 Å². The molecule has 0 unspecified atom stereocenters. The predicted octanol–water partition coefficient (Wildman–Crippen LogP) is -0.133. The Bertz CT molecular complexity index is 825. The molecule has 0 saturated carbocycles. The first-order valence-electron chi connectivity index (χ1n) is 9.23. The van der Waals surface area contributed by atoms with Gasteiger partial charge in [0.2, 0.25) is 11.8 Å². The molecule has 1 aromatic heterocycles. The number of H-pyrrole nitrogens is 1.